The molecule has 0 saturated heterocycles. The van der Waals surface area contributed by atoms with Crippen LogP contribution in [0, 0.1) is 0 Å². The lowest BCUT2D eigenvalue weighted by Gasteiger charge is -2.08. The largest absolute Gasteiger partial charge is 0.397 e. The molecular weight excluding hydrogens is 274 g/mol. The Bertz CT molecular complexity index is 481. The predicted molar refractivity (Wildman–Crippen MR) is 83.7 cm³/mol. The Hall–Kier alpha value is -1.27. The van der Waals surface area contributed by atoms with Gasteiger partial charge in [0.1, 0.15) is 4.88 Å². The van der Waals surface area contributed by atoms with Crippen molar-refractivity contribution in [3.05, 3.63) is 10.4 Å². The monoisotopic (exact) mass is 297 g/mol. The number of hydrogen-bond donors (Lipinski definition) is 2. The van der Waals surface area contributed by atoms with E-state index < -0.39 is 0 Å². The number of methoxy groups -OCH3 is 1. The zero-order valence-electron chi connectivity index (χ0n) is 12.4. The van der Waals surface area contributed by atoms with Gasteiger partial charge in [0.25, 0.3) is 5.91 Å². The second kappa shape index (κ2) is 6.45. The summed E-state index contributed by atoms with van der Waals surface area (Å²) in [5.41, 5.74) is 8.03. The molecule has 1 saturated carbocycles. The van der Waals surface area contributed by atoms with Gasteiger partial charge in [-0.1, -0.05) is 0 Å². The van der Waals surface area contributed by atoms with Crippen LogP contribution in [0.1, 0.15) is 40.4 Å². The summed E-state index contributed by atoms with van der Waals surface area (Å²) >= 11 is 1.48. The first-order chi connectivity index (χ1) is 9.56. The number of rotatable bonds is 7. The number of nitrogens with one attached hydrogen (secondary N) is 1. The Kier molecular flexibility index (Phi) is 4.88. The number of amides is 1. The Morgan fingerprint density at radius 1 is 1.50 bits per heavy atom. The number of ether oxygens (including phenoxy) is 1. The van der Waals surface area contributed by atoms with Crippen molar-refractivity contribution >= 4 is 27.9 Å². The fraction of sp³-hybridized carbons (Fsp3) is 0.643. The molecule has 2 rings (SSSR count). The fourth-order valence-electron chi connectivity index (χ4n) is 2.15. The van der Waals surface area contributed by atoms with Crippen LogP contribution in [0.4, 0.5) is 10.7 Å². The molecule has 0 aliphatic heterocycles. The maximum atomic E-state index is 12.2. The van der Waals surface area contributed by atoms with E-state index in [9.17, 15) is 4.79 Å². The lowest BCUT2D eigenvalue weighted by Crippen LogP contribution is -2.21. The van der Waals surface area contributed by atoms with Crippen molar-refractivity contribution < 1.29 is 9.53 Å². The highest BCUT2D eigenvalue weighted by molar-refractivity contribution is 7.18. The topological polar surface area (TPSA) is 67.6 Å². The average molecular weight is 297 g/mol. The highest BCUT2D eigenvalue weighted by Crippen LogP contribution is 2.50. The van der Waals surface area contributed by atoms with Crippen molar-refractivity contribution in [2.75, 3.05) is 45.4 Å². The molecule has 0 bridgehead atoms. The summed E-state index contributed by atoms with van der Waals surface area (Å²) in [7, 11) is 5.21. The molecule has 0 aromatic carbocycles. The molecule has 1 amide bonds. The summed E-state index contributed by atoms with van der Waals surface area (Å²) in [4.78, 5) is 14.4. The van der Waals surface area contributed by atoms with Crippen molar-refractivity contribution in [3.8, 4) is 0 Å². The number of anilines is 2. The molecule has 3 N–H and O–H groups in total. The first kappa shape index (κ1) is 15.1. The molecule has 1 aromatic rings. The van der Waals surface area contributed by atoms with Crippen molar-refractivity contribution in [2.45, 2.75) is 25.2 Å². The minimum Gasteiger partial charge on any atom is -0.397 e. The number of nitrogen functional groups attached to an aromatic ring is 1. The number of carbonyl (C=O) groups is 1. The summed E-state index contributed by atoms with van der Waals surface area (Å²) in [6, 6.07) is 0. The normalized spacial score (nSPS) is 14.3. The molecule has 1 aliphatic rings. The lowest BCUT2D eigenvalue weighted by atomic mass is 10.1. The number of nitrogens with zero attached hydrogens (tertiary/aromatic N) is 1. The van der Waals surface area contributed by atoms with Crippen LogP contribution in [0.15, 0.2) is 0 Å². The van der Waals surface area contributed by atoms with Crippen molar-refractivity contribution in [3.63, 3.8) is 0 Å². The number of carbonyl (C=O) groups excluding carboxylic acids is 1. The SMILES string of the molecule is COCCCNc1sc(C(=O)N(C)C)c(N)c1C1CC1. The molecule has 20 heavy (non-hydrogen) atoms. The van der Waals surface area contributed by atoms with Gasteiger partial charge >= 0.3 is 0 Å². The van der Waals surface area contributed by atoms with Crippen LogP contribution < -0.4 is 11.1 Å². The van der Waals surface area contributed by atoms with Gasteiger partial charge in [-0.3, -0.25) is 4.79 Å². The van der Waals surface area contributed by atoms with Crippen LogP contribution >= 0.6 is 11.3 Å². The molecule has 6 heteroatoms. The van der Waals surface area contributed by atoms with Crippen molar-refractivity contribution in [1.29, 1.82) is 0 Å². The summed E-state index contributed by atoms with van der Waals surface area (Å²) in [6.07, 6.45) is 3.28. The van der Waals surface area contributed by atoms with Crippen LogP contribution in [0.5, 0.6) is 0 Å². The average Bonchev–Trinajstić information content (AvgIpc) is 3.19. The maximum Gasteiger partial charge on any atom is 0.265 e. The lowest BCUT2D eigenvalue weighted by molar-refractivity contribution is 0.0833. The van der Waals surface area contributed by atoms with E-state index >= 15 is 0 Å². The van der Waals surface area contributed by atoms with Crippen LogP contribution in [0.3, 0.4) is 0 Å². The van der Waals surface area contributed by atoms with E-state index in [1.165, 1.54) is 24.2 Å². The third-order valence-corrected chi connectivity index (χ3v) is 4.55. The van der Waals surface area contributed by atoms with E-state index in [1.54, 1.807) is 26.1 Å². The van der Waals surface area contributed by atoms with Gasteiger partial charge in [-0.2, -0.15) is 0 Å². The second-order valence-corrected chi connectivity index (χ2v) is 6.36. The molecule has 0 radical (unpaired) electrons. The molecule has 0 unspecified atom stereocenters. The van der Waals surface area contributed by atoms with Gasteiger partial charge in [0.15, 0.2) is 0 Å². The molecule has 1 fully saturated rings. The second-order valence-electron chi connectivity index (χ2n) is 5.33. The van der Waals surface area contributed by atoms with E-state index in [0.29, 0.717) is 16.5 Å². The van der Waals surface area contributed by atoms with E-state index in [1.807, 2.05) is 0 Å². The zero-order chi connectivity index (χ0) is 14.7. The maximum absolute atomic E-state index is 12.2. The Balaban J connectivity index is 2.17. The van der Waals surface area contributed by atoms with E-state index in [4.69, 9.17) is 10.5 Å². The first-order valence-corrected chi connectivity index (χ1v) is 7.74. The molecular formula is C14H23N3O2S. The Morgan fingerprint density at radius 2 is 2.20 bits per heavy atom. The number of hydrogen-bond acceptors (Lipinski definition) is 5. The Morgan fingerprint density at radius 3 is 2.75 bits per heavy atom. The van der Waals surface area contributed by atoms with Gasteiger partial charge < -0.3 is 20.7 Å². The predicted octanol–water partition coefficient (Wildman–Crippen LogP) is 2.36. The van der Waals surface area contributed by atoms with E-state index in [-0.39, 0.29) is 5.91 Å². The molecule has 112 valence electrons. The van der Waals surface area contributed by atoms with Gasteiger partial charge in [0, 0.05) is 39.9 Å². The molecule has 1 heterocycles. The van der Waals surface area contributed by atoms with E-state index in [2.05, 4.69) is 5.32 Å². The van der Waals surface area contributed by atoms with Gasteiger partial charge in [-0.15, -0.1) is 11.3 Å². The molecule has 0 spiro atoms. The molecule has 1 aliphatic carbocycles. The zero-order valence-corrected chi connectivity index (χ0v) is 13.2. The smallest absolute Gasteiger partial charge is 0.265 e. The minimum atomic E-state index is -0.0145. The third-order valence-electron chi connectivity index (χ3n) is 3.38. The summed E-state index contributed by atoms with van der Waals surface area (Å²) in [5, 5.41) is 4.47. The number of nitrogens with two attached hydrogens (primary N) is 1. The summed E-state index contributed by atoms with van der Waals surface area (Å²) < 4.78 is 5.05. The highest BCUT2D eigenvalue weighted by atomic mass is 32.1. The van der Waals surface area contributed by atoms with Crippen molar-refractivity contribution in [1.82, 2.24) is 4.90 Å². The standard InChI is InChI=1S/C14H23N3O2S/c1-17(2)14(18)12-11(15)10(9-5-6-9)13(20-12)16-7-4-8-19-3/h9,16H,4-8,15H2,1-3H3. The molecule has 0 atom stereocenters. The fourth-order valence-corrected chi connectivity index (χ4v) is 3.40. The first-order valence-electron chi connectivity index (χ1n) is 6.92. The molecule has 5 nitrogen and oxygen atoms in total. The van der Waals surface area contributed by atoms with Crippen LogP contribution in [0.25, 0.3) is 0 Å². The highest BCUT2D eigenvalue weighted by Gasteiger charge is 2.33. The van der Waals surface area contributed by atoms with Crippen LogP contribution in [0.2, 0.25) is 0 Å². The van der Waals surface area contributed by atoms with Crippen LogP contribution in [-0.2, 0) is 4.74 Å². The van der Waals surface area contributed by atoms with Crippen molar-refractivity contribution in [2.24, 2.45) is 0 Å². The van der Waals surface area contributed by atoms with Gasteiger partial charge in [-0.05, 0) is 25.2 Å². The van der Waals surface area contributed by atoms with Crippen LogP contribution in [-0.4, -0.2) is 45.2 Å². The third kappa shape index (κ3) is 3.24. The minimum absolute atomic E-state index is 0.0145. The summed E-state index contributed by atoms with van der Waals surface area (Å²) in [6.45, 7) is 1.57. The molecule has 1 aromatic heterocycles. The van der Waals surface area contributed by atoms with Gasteiger partial charge in [0.05, 0.1) is 10.7 Å². The van der Waals surface area contributed by atoms with E-state index in [0.717, 1.165) is 30.1 Å². The quantitative estimate of drug-likeness (QED) is 0.758. The summed E-state index contributed by atoms with van der Waals surface area (Å²) in [5.74, 6) is 0.513. The Labute approximate surface area is 124 Å². The van der Waals surface area contributed by atoms with Gasteiger partial charge in [0.2, 0.25) is 0 Å². The number of thiophene rings is 1. The van der Waals surface area contributed by atoms with Gasteiger partial charge in [-0.25, -0.2) is 0 Å².